The molecular weight excluding hydrogens is 204 g/mol. The van der Waals surface area contributed by atoms with Crippen LogP contribution in [0.5, 0.6) is 0 Å². The molecule has 2 rings (SSSR count). The number of fused-ring (bicyclic) bond motifs is 1. The van der Waals surface area contributed by atoms with E-state index < -0.39 is 9.84 Å². The Hall–Kier alpha value is -0.780. The SMILES string of the molecule is CC(C)NC1=N[C@@H]2CS(=O)(=O)C[C@H]2O1. The second kappa shape index (κ2) is 3.12. The van der Waals surface area contributed by atoms with Gasteiger partial charge in [-0.25, -0.2) is 13.4 Å². The van der Waals surface area contributed by atoms with E-state index in [-0.39, 0.29) is 29.7 Å². The molecule has 2 heterocycles. The van der Waals surface area contributed by atoms with Crippen LogP contribution in [0.25, 0.3) is 0 Å². The van der Waals surface area contributed by atoms with Crippen molar-refractivity contribution in [2.75, 3.05) is 11.5 Å². The molecule has 2 atom stereocenters. The zero-order valence-electron chi connectivity index (χ0n) is 8.23. The van der Waals surface area contributed by atoms with Crippen LogP contribution in [0.1, 0.15) is 13.8 Å². The molecule has 0 aliphatic carbocycles. The van der Waals surface area contributed by atoms with E-state index in [1.165, 1.54) is 0 Å². The molecule has 0 aromatic rings. The summed E-state index contributed by atoms with van der Waals surface area (Å²) in [5, 5.41) is 3.03. The summed E-state index contributed by atoms with van der Waals surface area (Å²) in [5.74, 6) is 0.228. The summed E-state index contributed by atoms with van der Waals surface area (Å²) in [5.41, 5.74) is 0. The Bertz CT molecular complexity index is 361. The maximum atomic E-state index is 11.2. The lowest BCUT2D eigenvalue weighted by Gasteiger charge is -2.11. The van der Waals surface area contributed by atoms with Gasteiger partial charge in [0.15, 0.2) is 9.84 Å². The highest BCUT2D eigenvalue weighted by Gasteiger charge is 2.43. The highest BCUT2D eigenvalue weighted by atomic mass is 32.2. The fourth-order valence-electron chi connectivity index (χ4n) is 1.67. The molecular formula is C8H14N2O3S. The summed E-state index contributed by atoms with van der Waals surface area (Å²) >= 11 is 0. The monoisotopic (exact) mass is 218 g/mol. The maximum absolute atomic E-state index is 11.2. The molecule has 14 heavy (non-hydrogen) atoms. The van der Waals surface area contributed by atoms with Crippen molar-refractivity contribution in [1.82, 2.24) is 5.32 Å². The minimum atomic E-state index is -2.92. The lowest BCUT2D eigenvalue weighted by atomic mass is 10.2. The molecule has 0 unspecified atom stereocenters. The second-order valence-corrected chi connectivity index (χ2v) is 6.19. The molecule has 1 fully saturated rings. The number of hydrogen-bond donors (Lipinski definition) is 1. The molecule has 0 bridgehead atoms. The zero-order valence-corrected chi connectivity index (χ0v) is 9.04. The van der Waals surface area contributed by atoms with Gasteiger partial charge in [0.25, 0.3) is 6.02 Å². The average molecular weight is 218 g/mol. The summed E-state index contributed by atoms with van der Waals surface area (Å²) in [6, 6.07) is 0.551. The van der Waals surface area contributed by atoms with Crippen LogP contribution in [0.2, 0.25) is 0 Å². The van der Waals surface area contributed by atoms with Gasteiger partial charge in [0.2, 0.25) is 0 Å². The van der Waals surface area contributed by atoms with E-state index in [0.29, 0.717) is 6.02 Å². The molecule has 0 spiro atoms. The quantitative estimate of drug-likeness (QED) is 0.646. The lowest BCUT2D eigenvalue weighted by molar-refractivity contribution is 0.219. The Labute approximate surface area is 83.5 Å². The second-order valence-electron chi connectivity index (χ2n) is 4.03. The molecule has 0 saturated carbocycles. The molecule has 2 aliphatic rings. The van der Waals surface area contributed by atoms with Crippen LogP contribution >= 0.6 is 0 Å². The van der Waals surface area contributed by atoms with E-state index in [4.69, 9.17) is 4.74 Å². The molecule has 0 aromatic heterocycles. The summed E-state index contributed by atoms with van der Waals surface area (Å²) in [4.78, 5) is 4.19. The van der Waals surface area contributed by atoms with Crippen molar-refractivity contribution < 1.29 is 13.2 Å². The average Bonchev–Trinajstić information content (AvgIpc) is 2.38. The van der Waals surface area contributed by atoms with Crippen LogP contribution in [0.3, 0.4) is 0 Å². The Morgan fingerprint density at radius 3 is 2.79 bits per heavy atom. The van der Waals surface area contributed by atoms with Gasteiger partial charge in [-0.2, -0.15) is 0 Å². The number of hydrogen-bond acceptors (Lipinski definition) is 5. The normalized spacial score (nSPS) is 33.8. The minimum Gasteiger partial charge on any atom is -0.459 e. The van der Waals surface area contributed by atoms with E-state index in [2.05, 4.69) is 10.3 Å². The third-order valence-corrected chi connectivity index (χ3v) is 3.92. The fraction of sp³-hybridized carbons (Fsp3) is 0.875. The zero-order chi connectivity index (χ0) is 10.3. The first-order chi connectivity index (χ1) is 6.46. The molecule has 1 N–H and O–H groups in total. The summed E-state index contributed by atoms with van der Waals surface area (Å²) < 4.78 is 27.8. The number of rotatable bonds is 1. The molecule has 80 valence electrons. The standard InChI is InChI=1S/C8H14N2O3S/c1-5(2)9-8-10-6-3-14(11,12)4-7(6)13-8/h5-7H,3-4H2,1-2H3,(H,9,10)/t6-,7-/m1/s1. The Balaban J connectivity index is 2.05. The van der Waals surface area contributed by atoms with Gasteiger partial charge in [0.1, 0.15) is 12.1 Å². The van der Waals surface area contributed by atoms with Gasteiger partial charge in [-0.1, -0.05) is 0 Å². The highest BCUT2D eigenvalue weighted by Crippen LogP contribution is 2.23. The van der Waals surface area contributed by atoms with Crippen LogP contribution in [-0.4, -0.2) is 44.1 Å². The molecule has 0 aromatic carbocycles. The molecule has 2 aliphatic heterocycles. The van der Waals surface area contributed by atoms with Crippen molar-refractivity contribution in [2.24, 2.45) is 4.99 Å². The Morgan fingerprint density at radius 2 is 2.21 bits per heavy atom. The smallest absolute Gasteiger partial charge is 0.285 e. The van der Waals surface area contributed by atoms with Gasteiger partial charge in [0.05, 0.1) is 11.5 Å². The molecule has 5 nitrogen and oxygen atoms in total. The van der Waals surface area contributed by atoms with Gasteiger partial charge in [-0.3, -0.25) is 0 Å². The van der Waals surface area contributed by atoms with Crippen molar-refractivity contribution in [3.8, 4) is 0 Å². The van der Waals surface area contributed by atoms with Gasteiger partial charge < -0.3 is 10.1 Å². The van der Waals surface area contributed by atoms with Crippen molar-refractivity contribution in [1.29, 1.82) is 0 Å². The minimum absolute atomic E-state index is 0.102. The number of aliphatic imine (C=N–C) groups is 1. The van der Waals surface area contributed by atoms with Crippen LogP contribution in [-0.2, 0) is 14.6 Å². The van der Waals surface area contributed by atoms with Crippen molar-refractivity contribution in [3.05, 3.63) is 0 Å². The molecule has 0 amide bonds. The molecule has 6 heteroatoms. The van der Waals surface area contributed by atoms with E-state index in [0.717, 1.165) is 0 Å². The number of sulfone groups is 1. The Kier molecular flexibility index (Phi) is 2.17. The van der Waals surface area contributed by atoms with Gasteiger partial charge in [-0.05, 0) is 13.8 Å². The van der Waals surface area contributed by atoms with Crippen molar-refractivity contribution in [3.63, 3.8) is 0 Å². The topological polar surface area (TPSA) is 67.8 Å². The third-order valence-electron chi connectivity index (χ3n) is 2.23. The van der Waals surface area contributed by atoms with Crippen LogP contribution in [0.15, 0.2) is 4.99 Å². The van der Waals surface area contributed by atoms with Crippen LogP contribution < -0.4 is 5.32 Å². The third kappa shape index (κ3) is 1.84. The maximum Gasteiger partial charge on any atom is 0.285 e. The summed E-state index contributed by atoms with van der Waals surface area (Å²) in [6.07, 6.45) is -0.263. The first-order valence-electron chi connectivity index (χ1n) is 4.68. The fourth-order valence-corrected chi connectivity index (χ4v) is 3.41. The number of nitrogens with zero attached hydrogens (tertiary/aromatic N) is 1. The van der Waals surface area contributed by atoms with E-state index >= 15 is 0 Å². The van der Waals surface area contributed by atoms with E-state index in [1.54, 1.807) is 0 Å². The first-order valence-corrected chi connectivity index (χ1v) is 6.50. The van der Waals surface area contributed by atoms with E-state index in [1.807, 2.05) is 13.8 Å². The number of nitrogens with one attached hydrogen (secondary N) is 1. The predicted molar refractivity (Wildman–Crippen MR) is 53.0 cm³/mol. The van der Waals surface area contributed by atoms with Crippen molar-refractivity contribution >= 4 is 15.9 Å². The number of ether oxygens (including phenoxy) is 1. The van der Waals surface area contributed by atoms with Crippen molar-refractivity contribution in [2.45, 2.75) is 32.0 Å². The summed E-state index contributed by atoms with van der Waals surface area (Å²) in [7, 11) is -2.92. The van der Waals surface area contributed by atoms with Gasteiger partial charge in [0, 0.05) is 6.04 Å². The largest absolute Gasteiger partial charge is 0.459 e. The number of amidine groups is 1. The Morgan fingerprint density at radius 1 is 1.50 bits per heavy atom. The lowest BCUT2D eigenvalue weighted by Crippen LogP contribution is -2.32. The summed E-state index contributed by atoms with van der Waals surface area (Å²) in [6.45, 7) is 3.97. The predicted octanol–water partition coefficient (Wildman–Crippen LogP) is -0.464. The molecule has 1 saturated heterocycles. The first kappa shape index (κ1) is 9.76. The van der Waals surface area contributed by atoms with Gasteiger partial charge in [-0.15, -0.1) is 0 Å². The highest BCUT2D eigenvalue weighted by molar-refractivity contribution is 7.91. The molecule has 0 radical (unpaired) electrons. The van der Waals surface area contributed by atoms with Crippen LogP contribution in [0, 0.1) is 0 Å². The van der Waals surface area contributed by atoms with E-state index in [9.17, 15) is 8.42 Å². The van der Waals surface area contributed by atoms with Crippen LogP contribution in [0.4, 0.5) is 0 Å². The van der Waals surface area contributed by atoms with Gasteiger partial charge >= 0.3 is 0 Å².